The molecule has 1 atom stereocenters. The van der Waals surface area contributed by atoms with Crippen LogP contribution >= 0.6 is 11.6 Å². The van der Waals surface area contributed by atoms with Gasteiger partial charge in [-0.2, -0.15) is 10.5 Å². The summed E-state index contributed by atoms with van der Waals surface area (Å²) in [5.41, 5.74) is 3.59. The molecule has 0 bridgehead atoms. The van der Waals surface area contributed by atoms with Crippen molar-refractivity contribution in [3.63, 3.8) is 0 Å². The van der Waals surface area contributed by atoms with E-state index in [1.165, 1.54) is 5.56 Å². The molecule has 0 aliphatic carbocycles. The Kier molecular flexibility index (Phi) is 5.19. The highest BCUT2D eigenvalue weighted by Crippen LogP contribution is 2.38. The number of fused-ring (bicyclic) bond motifs is 1. The van der Waals surface area contributed by atoms with Crippen LogP contribution < -0.4 is 5.32 Å². The van der Waals surface area contributed by atoms with E-state index in [4.69, 9.17) is 16.9 Å². The van der Waals surface area contributed by atoms with Crippen LogP contribution in [0, 0.1) is 22.7 Å². The van der Waals surface area contributed by atoms with Crippen molar-refractivity contribution in [3.05, 3.63) is 57.7 Å². The smallest absolute Gasteiger partial charge is 0.149 e. The Morgan fingerprint density at radius 1 is 1.32 bits per heavy atom. The highest BCUT2D eigenvalue weighted by molar-refractivity contribution is 6.30. The lowest BCUT2D eigenvalue weighted by atomic mass is 9.90. The number of nitrogens with one attached hydrogen (secondary N) is 1. The molecule has 0 saturated heterocycles. The molecular weight excluding hydrogens is 334 g/mol. The number of pyridine rings is 1. The Bertz CT molecular complexity index is 851. The number of nitrogens with zero attached hydrogens (tertiary/aromatic N) is 4. The van der Waals surface area contributed by atoms with Crippen molar-refractivity contribution >= 4 is 17.4 Å². The zero-order valence-corrected chi connectivity index (χ0v) is 14.7. The molecule has 1 aliphatic heterocycles. The van der Waals surface area contributed by atoms with E-state index in [9.17, 15) is 5.26 Å². The summed E-state index contributed by atoms with van der Waals surface area (Å²) in [6, 6.07) is 14.6. The van der Waals surface area contributed by atoms with Crippen molar-refractivity contribution < 1.29 is 0 Å². The quantitative estimate of drug-likeness (QED) is 0.672. The van der Waals surface area contributed by atoms with Crippen LogP contribution in [0.4, 0.5) is 5.82 Å². The monoisotopic (exact) mass is 351 g/mol. The first-order valence-corrected chi connectivity index (χ1v) is 8.54. The first kappa shape index (κ1) is 17.2. The summed E-state index contributed by atoms with van der Waals surface area (Å²) in [6.45, 7) is 3.92. The maximum atomic E-state index is 9.57. The molecule has 1 aromatic heterocycles. The van der Waals surface area contributed by atoms with Gasteiger partial charge in [-0.1, -0.05) is 41.9 Å². The average molecular weight is 352 g/mol. The fourth-order valence-electron chi connectivity index (χ4n) is 3.37. The number of benzene rings is 1. The van der Waals surface area contributed by atoms with Crippen LogP contribution in [0.1, 0.15) is 35.2 Å². The van der Waals surface area contributed by atoms with Gasteiger partial charge in [0.1, 0.15) is 23.6 Å². The van der Waals surface area contributed by atoms with Crippen LogP contribution in [0.2, 0.25) is 5.15 Å². The topological polar surface area (TPSA) is 75.7 Å². The molecule has 1 N–H and O–H groups in total. The van der Waals surface area contributed by atoms with Gasteiger partial charge in [-0.05, 0) is 24.5 Å². The Morgan fingerprint density at radius 2 is 2.08 bits per heavy atom. The van der Waals surface area contributed by atoms with Crippen molar-refractivity contribution in [1.82, 2.24) is 9.88 Å². The van der Waals surface area contributed by atoms with Crippen molar-refractivity contribution in [2.24, 2.45) is 0 Å². The van der Waals surface area contributed by atoms with E-state index in [1.54, 1.807) is 0 Å². The van der Waals surface area contributed by atoms with E-state index in [-0.39, 0.29) is 17.7 Å². The zero-order chi connectivity index (χ0) is 17.8. The van der Waals surface area contributed by atoms with Crippen LogP contribution in [0.5, 0.6) is 0 Å². The molecule has 6 heteroatoms. The van der Waals surface area contributed by atoms with Gasteiger partial charge in [0.05, 0.1) is 11.6 Å². The zero-order valence-electron chi connectivity index (χ0n) is 14.0. The molecule has 0 saturated carbocycles. The average Bonchev–Trinajstić information content (AvgIpc) is 2.63. The number of hydrogen-bond acceptors (Lipinski definition) is 5. The Labute approximate surface area is 152 Å². The molecule has 25 heavy (non-hydrogen) atoms. The van der Waals surface area contributed by atoms with Crippen molar-refractivity contribution in [2.45, 2.75) is 25.9 Å². The third-order valence-electron chi connectivity index (χ3n) is 4.59. The highest BCUT2D eigenvalue weighted by Gasteiger charge is 2.30. The molecule has 0 radical (unpaired) electrons. The van der Waals surface area contributed by atoms with E-state index >= 15 is 0 Å². The van der Waals surface area contributed by atoms with Crippen molar-refractivity contribution in [3.8, 4) is 12.1 Å². The van der Waals surface area contributed by atoms with E-state index in [1.807, 2.05) is 18.2 Å². The van der Waals surface area contributed by atoms with Crippen molar-refractivity contribution in [1.29, 1.82) is 10.5 Å². The lowest BCUT2D eigenvalue weighted by Gasteiger charge is -2.36. The van der Waals surface area contributed by atoms with E-state index in [0.717, 1.165) is 30.6 Å². The van der Waals surface area contributed by atoms with Gasteiger partial charge < -0.3 is 5.32 Å². The summed E-state index contributed by atoms with van der Waals surface area (Å²) in [5.74, 6) is 0.617. The lowest BCUT2D eigenvalue weighted by molar-refractivity contribution is 0.189. The molecular formula is C19H18ClN5. The second-order valence-corrected chi connectivity index (χ2v) is 6.38. The first-order valence-electron chi connectivity index (χ1n) is 8.16. The predicted octanol–water partition coefficient (Wildman–Crippen LogP) is 3.66. The van der Waals surface area contributed by atoms with Crippen LogP contribution in [0.15, 0.2) is 30.3 Å². The molecule has 1 aliphatic rings. The fraction of sp³-hybridized carbons (Fsp3) is 0.316. The minimum Gasteiger partial charge on any atom is -0.357 e. The van der Waals surface area contributed by atoms with Crippen LogP contribution in [0.25, 0.3) is 0 Å². The maximum absolute atomic E-state index is 9.57. The Hall–Kier alpha value is -2.60. The van der Waals surface area contributed by atoms with Crippen LogP contribution in [-0.2, 0) is 13.0 Å². The summed E-state index contributed by atoms with van der Waals surface area (Å²) in [5, 5.41) is 21.6. The molecule has 5 nitrogen and oxygen atoms in total. The van der Waals surface area contributed by atoms with Crippen molar-refractivity contribution in [2.75, 3.05) is 18.4 Å². The van der Waals surface area contributed by atoms with Crippen LogP contribution in [-0.4, -0.2) is 23.0 Å². The predicted molar refractivity (Wildman–Crippen MR) is 97.0 cm³/mol. The normalized spacial score (nSPS) is 16.6. The molecule has 1 unspecified atom stereocenters. The molecule has 0 amide bonds. The number of hydrogen-bond donors (Lipinski definition) is 1. The maximum Gasteiger partial charge on any atom is 0.149 e. The number of anilines is 1. The second-order valence-electron chi connectivity index (χ2n) is 6.02. The molecule has 0 fully saturated rings. The summed E-state index contributed by atoms with van der Waals surface area (Å²) in [7, 11) is 0. The summed E-state index contributed by atoms with van der Waals surface area (Å²) >= 11 is 6.24. The largest absolute Gasteiger partial charge is 0.357 e. The van der Waals surface area contributed by atoms with Gasteiger partial charge in [-0.15, -0.1) is 0 Å². The van der Waals surface area contributed by atoms with Gasteiger partial charge in [-0.3, -0.25) is 4.90 Å². The van der Waals surface area contributed by atoms with Gasteiger partial charge in [0.25, 0.3) is 0 Å². The minimum atomic E-state index is 0.0433. The highest BCUT2D eigenvalue weighted by atomic mass is 35.5. The summed E-state index contributed by atoms with van der Waals surface area (Å²) in [6.07, 6.45) is 0.763. The molecule has 1 aromatic carbocycles. The van der Waals surface area contributed by atoms with E-state index < -0.39 is 0 Å². The van der Waals surface area contributed by atoms with Gasteiger partial charge in [-0.25, -0.2) is 4.98 Å². The van der Waals surface area contributed by atoms with Gasteiger partial charge in [0.2, 0.25) is 0 Å². The minimum absolute atomic E-state index is 0.0433. The number of aromatic nitrogens is 1. The number of halogens is 1. The van der Waals surface area contributed by atoms with Gasteiger partial charge in [0, 0.05) is 24.7 Å². The molecule has 126 valence electrons. The molecule has 3 rings (SSSR count). The Morgan fingerprint density at radius 3 is 2.76 bits per heavy atom. The number of nitriles is 2. The lowest BCUT2D eigenvalue weighted by Crippen LogP contribution is -2.35. The second kappa shape index (κ2) is 7.53. The standard InChI is InChI=1S/C19H18ClN5/c1-13-17-15(7-10-25(13)12-14-5-3-2-4-6-14)19(23-9-8-21)24-18(20)16(17)11-22/h2-6,13H,7,9-10,12H2,1H3,(H,23,24). The number of rotatable bonds is 4. The first-order chi connectivity index (χ1) is 12.2. The molecule has 2 aromatic rings. The molecule has 0 spiro atoms. The fourth-order valence-corrected chi connectivity index (χ4v) is 3.60. The third kappa shape index (κ3) is 3.44. The SMILES string of the molecule is CC1c2c(C#N)c(Cl)nc(NCC#N)c2CCN1Cc1ccccc1. The third-order valence-corrected chi connectivity index (χ3v) is 4.86. The Balaban J connectivity index is 1.98. The molecule has 2 heterocycles. The summed E-state index contributed by atoms with van der Waals surface area (Å²) in [4.78, 5) is 6.64. The van der Waals surface area contributed by atoms with Gasteiger partial charge >= 0.3 is 0 Å². The van der Waals surface area contributed by atoms with E-state index in [2.05, 4.69) is 46.4 Å². The van der Waals surface area contributed by atoms with Gasteiger partial charge in [0.15, 0.2) is 0 Å². The summed E-state index contributed by atoms with van der Waals surface area (Å²) < 4.78 is 0. The van der Waals surface area contributed by atoms with E-state index in [0.29, 0.717) is 11.4 Å². The van der Waals surface area contributed by atoms with Crippen LogP contribution in [0.3, 0.4) is 0 Å².